The Hall–Kier alpha value is -0.690. The highest BCUT2D eigenvalue weighted by Gasteiger charge is 2.34. The second-order valence-corrected chi connectivity index (χ2v) is 5.16. The molecule has 0 radical (unpaired) electrons. The predicted octanol–water partition coefficient (Wildman–Crippen LogP) is -1.24. The number of carbonyl (C=O) groups is 1. The van der Waals surface area contributed by atoms with Gasteiger partial charge in [-0.3, -0.25) is 9.69 Å². The van der Waals surface area contributed by atoms with Crippen LogP contribution >= 0.6 is 0 Å². The highest BCUT2D eigenvalue weighted by molar-refractivity contribution is 5.78. The molecule has 0 saturated carbocycles. The minimum absolute atomic E-state index is 0.0637. The fraction of sp³-hybridized carbons (Fsp3) is 0.917. The van der Waals surface area contributed by atoms with Gasteiger partial charge in [-0.05, 0) is 14.1 Å². The summed E-state index contributed by atoms with van der Waals surface area (Å²) in [6.45, 7) is 5.13. The molecule has 2 rings (SSSR count). The van der Waals surface area contributed by atoms with Gasteiger partial charge in [-0.15, -0.1) is 0 Å². The quantitative estimate of drug-likeness (QED) is 0.683. The Kier molecular flexibility index (Phi) is 4.94. The minimum atomic E-state index is 0.0637. The number of amides is 1. The molecule has 18 heavy (non-hydrogen) atoms. The van der Waals surface area contributed by atoms with Crippen molar-refractivity contribution in [1.82, 2.24) is 15.1 Å². The number of rotatable bonds is 4. The van der Waals surface area contributed by atoms with Crippen LogP contribution in [0.4, 0.5) is 0 Å². The van der Waals surface area contributed by atoms with Gasteiger partial charge >= 0.3 is 0 Å². The molecular weight excluding hydrogens is 234 g/mol. The van der Waals surface area contributed by atoms with Gasteiger partial charge in [0, 0.05) is 13.1 Å². The average Bonchev–Trinajstić information content (AvgIpc) is 2.77. The average molecular weight is 257 g/mol. The lowest BCUT2D eigenvalue weighted by atomic mass is 10.1. The van der Waals surface area contributed by atoms with Gasteiger partial charge in [0.25, 0.3) is 0 Å². The van der Waals surface area contributed by atoms with Gasteiger partial charge < -0.3 is 19.7 Å². The van der Waals surface area contributed by atoms with E-state index in [1.807, 2.05) is 19.0 Å². The third-order valence-corrected chi connectivity index (χ3v) is 3.37. The SMILES string of the molecule is CN(C)CC(=O)N[C@H]1COC[C@@H]1N1CCOCC1. The highest BCUT2D eigenvalue weighted by Crippen LogP contribution is 2.15. The molecule has 0 aromatic carbocycles. The molecule has 2 fully saturated rings. The summed E-state index contributed by atoms with van der Waals surface area (Å²) in [5, 5.41) is 3.07. The molecule has 2 aliphatic heterocycles. The van der Waals surface area contributed by atoms with Crippen molar-refractivity contribution in [1.29, 1.82) is 0 Å². The molecule has 0 bridgehead atoms. The Labute approximate surface area is 108 Å². The molecule has 2 atom stereocenters. The number of morpholine rings is 1. The lowest BCUT2D eigenvalue weighted by molar-refractivity contribution is -0.122. The molecule has 2 saturated heterocycles. The number of ether oxygens (including phenoxy) is 2. The first-order valence-electron chi connectivity index (χ1n) is 6.50. The van der Waals surface area contributed by atoms with Crippen LogP contribution in [0.5, 0.6) is 0 Å². The van der Waals surface area contributed by atoms with Gasteiger partial charge in [-0.2, -0.15) is 0 Å². The largest absolute Gasteiger partial charge is 0.379 e. The monoisotopic (exact) mass is 257 g/mol. The van der Waals surface area contributed by atoms with Crippen molar-refractivity contribution in [2.24, 2.45) is 0 Å². The zero-order valence-electron chi connectivity index (χ0n) is 11.2. The van der Waals surface area contributed by atoms with E-state index in [4.69, 9.17) is 9.47 Å². The molecule has 6 nitrogen and oxygen atoms in total. The van der Waals surface area contributed by atoms with E-state index in [2.05, 4.69) is 10.2 Å². The van der Waals surface area contributed by atoms with Crippen molar-refractivity contribution in [2.45, 2.75) is 12.1 Å². The summed E-state index contributed by atoms with van der Waals surface area (Å²) in [7, 11) is 3.79. The first-order chi connectivity index (χ1) is 8.66. The van der Waals surface area contributed by atoms with E-state index in [0.29, 0.717) is 25.8 Å². The summed E-state index contributed by atoms with van der Waals surface area (Å²) in [5.74, 6) is 0.0637. The van der Waals surface area contributed by atoms with Crippen molar-refractivity contribution < 1.29 is 14.3 Å². The first-order valence-corrected chi connectivity index (χ1v) is 6.50. The van der Waals surface area contributed by atoms with Crippen LogP contribution in [-0.4, -0.2) is 87.9 Å². The Balaban J connectivity index is 1.84. The van der Waals surface area contributed by atoms with Crippen molar-refractivity contribution >= 4 is 5.91 Å². The topological polar surface area (TPSA) is 54.0 Å². The molecule has 0 spiro atoms. The van der Waals surface area contributed by atoms with E-state index in [9.17, 15) is 4.79 Å². The number of nitrogens with zero attached hydrogens (tertiary/aromatic N) is 2. The van der Waals surface area contributed by atoms with Gasteiger partial charge in [0.1, 0.15) is 0 Å². The summed E-state index contributed by atoms with van der Waals surface area (Å²) < 4.78 is 10.9. The van der Waals surface area contributed by atoms with Gasteiger partial charge in [0.15, 0.2) is 0 Å². The summed E-state index contributed by atoms with van der Waals surface area (Å²) in [6, 6.07) is 0.399. The standard InChI is InChI=1S/C12H23N3O3/c1-14(2)7-12(16)13-10-8-18-9-11(10)15-3-5-17-6-4-15/h10-11H,3-9H2,1-2H3,(H,13,16)/t10-,11-/m0/s1. The van der Waals surface area contributed by atoms with Gasteiger partial charge in [0.05, 0.1) is 45.1 Å². The lowest BCUT2D eigenvalue weighted by Gasteiger charge is -2.34. The zero-order chi connectivity index (χ0) is 13.0. The molecule has 0 aromatic heterocycles. The maximum atomic E-state index is 11.8. The number of hydrogen-bond donors (Lipinski definition) is 1. The smallest absolute Gasteiger partial charge is 0.234 e. The molecule has 2 heterocycles. The molecular formula is C12H23N3O3. The van der Waals surface area contributed by atoms with Crippen molar-refractivity contribution in [3.63, 3.8) is 0 Å². The van der Waals surface area contributed by atoms with E-state index in [-0.39, 0.29) is 11.9 Å². The Bertz CT molecular complexity index is 280. The van der Waals surface area contributed by atoms with Gasteiger partial charge in [-0.1, -0.05) is 0 Å². The van der Waals surface area contributed by atoms with Crippen molar-refractivity contribution in [2.75, 3.05) is 60.2 Å². The maximum Gasteiger partial charge on any atom is 0.234 e. The number of carbonyl (C=O) groups excluding carboxylic acids is 1. The van der Waals surface area contributed by atoms with E-state index in [1.165, 1.54) is 0 Å². The van der Waals surface area contributed by atoms with Crippen LogP contribution in [0.1, 0.15) is 0 Å². The maximum absolute atomic E-state index is 11.8. The molecule has 2 aliphatic rings. The third-order valence-electron chi connectivity index (χ3n) is 3.37. The number of hydrogen-bond acceptors (Lipinski definition) is 5. The summed E-state index contributed by atoms with van der Waals surface area (Å²) in [4.78, 5) is 16.0. The number of likely N-dealkylation sites (N-methyl/N-ethyl adjacent to an activating group) is 1. The Morgan fingerprint density at radius 1 is 1.28 bits per heavy atom. The Morgan fingerprint density at radius 3 is 2.67 bits per heavy atom. The summed E-state index contributed by atoms with van der Waals surface area (Å²) in [5.41, 5.74) is 0. The first kappa shape index (κ1) is 13.7. The molecule has 0 aliphatic carbocycles. The van der Waals surface area contributed by atoms with Gasteiger partial charge in [0.2, 0.25) is 5.91 Å². The Morgan fingerprint density at radius 2 is 2.00 bits per heavy atom. The van der Waals surface area contributed by atoms with E-state index in [0.717, 1.165) is 26.3 Å². The highest BCUT2D eigenvalue weighted by atomic mass is 16.5. The van der Waals surface area contributed by atoms with Crippen LogP contribution in [0.2, 0.25) is 0 Å². The van der Waals surface area contributed by atoms with Crippen LogP contribution in [0, 0.1) is 0 Å². The molecule has 6 heteroatoms. The minimum Gasteiger partial charge on any atom is -0.379 e. The zero-order valence-corrected chi connectivity index (χ0v) is 11.2. The van der Waals surface area contributed by atoms with Crippen LogP contribution in [-0.2, 0) is 14.3 Å². The van der Waals surface area contributed by atoms with E-state index in [1.54, 1.807) is 0 Å². The van der Waals surface area contributed by atoms with Crippen LogP contribution in [0.3, 0.4) is 0 Å². The number of nitrogens with one attached hydrogen (secondary N) is 1. The fourth-order valence-corrected chi connectivity index (χ4v) is 2.49. The fourth-order valence-electron chi connectivity index (χ4n) is 2.49. The van der Waals surface area contributed by atoms with Crippen LogP contribution in [0.25, 0.3) is 0 Å². The van der Waals surface area contributed by atoms with Gasteiger partial charge in [-0.25, -0.2) is 0 Å². The summed E-state index contributed by atoms with van der Waals surface area (Å²) in [6.07, 6.45) is 0. The van der Waals surface area contributed by atoms with Crippen LogP contribution < -0.4 is 5.32 Å². The lowest BCUT2D eigenvalue weighted by Crippen LogP contribution is -2.55. The van der Waals surface area contributed by atoms with Crippen LogP contribution in [0.15, 0.2) is 0 Å². The molecule has 0 aromatic rings. The molecule has 0 unspecified atom stereocenters. The van der Waals surface area contributed by atoms with Crippen molar-refractivity contribution in [3.8, 4) is 0 Å². The summed E-state index contributed by atoms with van der Waals surface area (Å²) >= 11 is 0. The van der Waals surface area contributed by atoms with Crippen molar-refractivity contribution in [3.05, 3.63) is 0 Å². The second-order valence-electron chi connectivity index (χ2n) is 5.16. The molecule has 104 valence electrons. The van der Waals surface area contributed by atoms with E-state index >= 15 is 0 Å². The molecule has 1 N–H and O–H groups in total. The molecule has 1 amide bonds. The normalized spacial score (nSPS) is 29.7. The van der Waals surface area contributed by atoms with E-state index < -0.39 is 0 Å². The second kappa shape index (κ2) is 6.47. The third kappa shape index (κ3) is 3.65. The predicted molar refractivity (Wildman–Crippen MR) is 67.5 cm³/mol.